The number of amides is 2. The highest BCUT2D eigenvalue weighted by Gasteiger charge is 2.38. The molecular weight excluding hydrogens is 409 g/mol. The first kappa shape index (κ1) is 21.9. The van der Waals surface area contributed by atoms with Gasteiger partial charge in [0.2, 0.25) is 11.8 Å². The Morgan fingerprint density at radius 2 is 1.71 bits per heavy atom. The first-order chi connectivity index (χ1) is 14.7. The zero-order valence-corrected chi connectivity index (χ0v) is 17.7. The van der Waals surface area contributed by atoms with Crippen LogP contribution in [-0.2, 0) is 15.8 Å². The minimum Gasteiger partial charge on any atom is -0.369 e. The van der Waals surface area contributed by atoms with Crippen LogP contribution in [0, 0.1) is 11.8 Å². The average Bonchev–Trinajstić information content (AvgIpc) is 3.59. The summed E-state index contributed by atoms with van der Waals surface area (Å²) in [7, 11) is 1.99. The van der Waals surface area contributed by atoms with Gasteiger partial charge in [-0.05, 0) is 50.9 Å². The molecule has 3 aliphatic rings. The maximum absolute atomic E-state index is 13.8. The number of likely N-dealkylation sites (N-methyl/N-ethyl adjacent to an activating group) is 1. The van der Waals surface area contributed by atoms with Gasteiger partial charge in [0.05, 0.1) is 17.2 Å². The quantitative estimate of drug-likeness (QED) is 0.785. The molecule has 1 N–H and O–H groups in total. The second-order valence-electron chi connectivity index (χ2n) is 8.90. The van der Waals surface area contributed by atoms with Crippen LogP contribution in [0.2, 0.25) is 0 Å². The molecule has 2 heterocycles. The molecule has 1 atom stereocenters. The molecule has 9 heteroatoms. The maximum atomic E-state index is 13.8. The van der Waals surface area contributed by atoms with Gasteiger partial charge in [-0.25, -0.2) is 0 Å². The monoisotopic (exact) mass is 438 g/mol. The lowest BCUT2D eigenvalue weighted by molar-refractivity contribution is -0.137. The van der Waals surface area contributed by atoms with Crippen molar-refractivity contribution in [2.75, 3.05) is 56.5 Å². The summed E-state index contributed by atoms with van der Waals surface area (Å²) in [6.07, 6.45) is -1.54. The molecule has 3 fully saturated rings. The lowest BCUT2D eigenvalue weighted by Gasteiger charge is -2.34. The molecule has 0 bridgehead atoms. The SMILES string of the molecule is CN1CCN(c2ccc(NC(=O)C3CCCN(C(=O)C4CC4)C3)c(C(F)(F)F)c2)CC1. The van der Waals surface area contributed by atoms with Crippen molar-refractivity contribution in [1.29, 1.82) is 0 Å². The Bertz CT molecular complexity index is 833. The summed E-state index contributed by atoms with van der Waals surface area (Å²) in [6, 6.07) is 4.12. The molecule has 0 aromatic heterocycles. The Morgan fingerprint density at radius 3 is 2.35 bits per heavy atom. The summed E-state index contributed by atoms with van der Waals surface area (Å²) in [5, 5.41) is 2.50. The van der Waals surface area contributed by atoms with Crippen LogP contribution >= 0.6 is 0 Å². The fourth-order valence-corrected chi connectivity index (χ4v) is 4.35. The number of hydrogen-bond donors (Lipinski definition) is 1. The van der Waals surface area contributed by atoms with E-state index >= 15 is 0 Å². The van der Waals surface area contributed by atoms with E-state index in [2.05, 4.69) is 10.2 Å². The number of anilines is 2. The van der Waals surface area contributed by atoms with E-state index in [-0.39, 0.29) is 24.1 Å². The molecule has 2 saturated heterocycles. The Kier molecular flexibility index (Phi) is 6.14. The standard InChI is InChI=1S/C22H29F3N4O2/c1-27-9-11-28(12-10-27)17-6-7-19(18(13-17)22(23,24)25)26-20(30)16-3-2-8-29(14-16)21(31)15-4-5-15/h6-7,13,15-16H,2-5,8-12,14H2,1H3,(H,26,30). The van der Waals surface area contributed by atoms with Crippen molar-refractivity contribution in [1.82, 2.24) is 9.80 Å². The number of piperazine rings is 1. The molecule has 6 nitrogen and oxygen atoms in total. The third kappa shape index (κ3) is 5.14. The van der Waals surface area contributed by atoms with Crippen LogP contribution in [0.4, 0.5) is 24.5 Å². The van der Waals surface area contributed by atoms with Crippen molar-refractivity contribution in [2.24, 2.45) is 11.8 Å². The highest BCUT2D eigenvalue weighted by molar-refractivity contribution is 5.94. The molecule has 2 aliphatic heterocycles. The van der Waals surface area contributed by atoms with E-state index in [1.807, 2.05) is 11.9 Å². The maximum Gasteiger partial charge on any atom is 0.418 e. The normalized spacial score (nSPS) is 23.0. The lowest BCUT2D eigenvalue weighted by Crippen LogP contribution is -2.44. The van der Waals surface area contributed by atoms with Crippen LogP contribution < -0.4 is 10.2 Å². The zero-order chi connectivity index (χ0) is 22.2. The van der Waals surface area contributed by atoms with E-state index in [1.165, 1.54) is 6.07 Å². The third-order valence-corrected chi connectivity index (χ3v) is 6.47. The number of carbonyl (C=O) groups excluding carboxylic acids is 2. The first-order valence-corrected chi connectivity index (χ1v) is 11.0. The number of piperidine rings is 1. The predicted octanol–water partition coefficient (Wildman–Crippen LogP) is 3.04. The number of carbonyl (C=O) groups is 2. The summed E-state index contributed by atoms with van der Waals surface area (Å²) in [4.78, 5) is 30.9. The molecule has 1 aromatic rings. The van der Waals surface area contributed by atoms with Crippen LogP contribution in [0.3, 0.4) is 0 Å². The second-order valence-corrected chi connectivity index (χ2v) is 8.90. The Labute approximate surface area is 180 Å². The summed E-state index contributed by atoms with van der Waals surface area (Å²) in [5.41, 5.74) is -0.544. The minimum absolute atomic E-state index is 0.0702. The van der Waals surface area contributed by atoms with Crippen LogP contribution in [0.1, 0.15) is 31.2 Å². The lowest BCUT2D eigenvalue weighted by atomic mass is 9.96. The number of hydrogen-bond acceptors (Lipinski definition) is 4. The van der Waals surface area contributed by atoms with E-state index < -0.39 is 23.6 Å². The van der Waals surface area contributed by atoms with E-state index in [4.69, 9.17) is 0 Å². The smallest absolute Gasteiger partial charge is 0.369 e. The average molecular weight is 438 g/mol. The van der Waals surface area contributed by atoms with Gasteiger partial charge < -0.3 is 20.0 Å². The molecule has 31 heavy (non-hydrogen) atoms. The zero-order valence-electron chi connectivity index (χ0n) is 17.7. The third-order valence-electron chi connectivity index (χ3n) is 6.47. The molecular formula is C22H29F3N4O2. The number of alkyl halides is 3. The van der Waals surface area contributed by atoms with Gasteiger partial charge in [0, 0.05) is 50.9 Å². The van der Waals surface area contributed by atoms with Crippen LogP contribution in [-0.4, -0.2) is 67.9 Å². The van der Waals surface area contributed by atoms with E-state index in [1.54, 1.807) is 11.0 Å². The summed E-state index contributed by atoms with van der Waals surface area (Å²) >= 11 is 0. The number of benzene rings is 1. The first-order valence-electron chi connectivity index (χ1n) is 11.0. The van der Waals surface area contributed by atoms with Crippen LogP contribution in [0.15, 0.2) is 18.2 Å². The summed E-state index contributed by atoms with van der Waals surface area (Å²) < 4.78 is 41.3. The Morgan fingerprint density at radius 1 is 1.00 bits per heavy atom. The molecule has 1 aliphatic carbocycles. The highest BCUT2D eigenvalue weighted by Crippen LogP contribution is 2.38. The predicted molar refractivity (Wildman–Crippen MR) is 112 cm³/mol. The fraction of sp³-hybridized carbons (Fsp3) is 0.636. The van der Waals surface area contributed by atoms with Crippen LogP contribution in [0.25, 0.3) is 0 Å². The van der Waals surface area contributed by atoms with E-state index in [9.17, 15) is 22.8 Å². The Hall–Kier alpha value is -2.29. The van der Waals surface area contributed by atoms with Gasteiger partial charge in [-0.2, -0.15) is 13.2 Å². The van der Waals surface area contributed by atoms with Gasteiger partial charge in [-0.3, -0.25) is 9.59 Å². The summed E-state index contributed by atoms with van der Waals surface area (Å²) in [6.45, 7) is 3.79. The largest absolute Gasteiger partial charge is 0.418 e. The van der Waals surface area contributed by atoms with Crippen molar-refractivity contribution in [3.8, 4) is 0 Å². The molecule has 0 spiro atoms. The fourth-order valence-electron chi connectivity index (χ4n) is 4.35. The number of nitrogens with zero attached hydrogens (tertiary/aromatic N) is 3. The molecule has 1 unspecified atom stereocenters. The van der Waals surface area contributed by atoms with Gasteiger partial charge >= 0.3 is 6.18 Å². The second kappa shape index (κ2) is 8.68. The van der Waals surface area contributed by atoms with Gasteiger partial charge in [-0.15, -0.1) is 0 Å². The Balaban J connectivity index is 1.47. The van der Waals surface area contributed by atoms with Crippen molar-refractivity contribution in [2.45, 2.75) is 31.9 Å². The van der Waals surface area contributed by atoms with Crippen molar-refractivity contribution >= 4 is 23.2 Å². The van der Waals surface area contributed by atoms with E-state index in [0.29, 0.717) is 38.2 Å². The van der Waals surface area contributed by atoms with E-state index in [0.717, 1.165) is 32.0 Å². The molecule has 2 amide bonds. The molecule has 4 rings (SSSR count). The highest BCUT2D eigenvalue weighted by atomic mass is 19.4. The molecule has 0 radical (unpaired) electrons. The van der Waals surface area contributed by atoms with Gasteiger partial charge in [0.25, 0.3) is 0 Å². The van der Waals surface area contributed by atoms with Crippen molar-refractivity contribution < 1.29 is 22.8 Å². The number of likely N-dealkylation sites (tertiary alicyclic amines) is 1. The number of halogens is 3. The van der Waals surface area contributed by atoms with Gasteiger partial charge in [0.1, 0.15) is 0 Å². The van der Waals surface area contributed by atoms with Gasteiger partial charge in [-0.1, -0.05) is 0 Å². The topological polar surface area (TPSA) is 55.9 Å². The molecule has 1 aromatic carbocycles. The number of nitrogens with one attached hydrogen (secondary N) is 1. The van der Waals surface area contributed by atoms with Crippen molar-refractivity contribution in [3.05, 3.63) is 23.8 Å². The molecule has 1 saturated carbocycles. The minimum atomic E-state index is -4.58. The number of rotatable bonds is 4. The van der Waals surface area contributed by atoms with Gasteiger partial charge in [0.15, 0.2) is 0 Å². The van der Waals surface area contributed by atoms with Crippen molar-refractivity contribution in [3.63, 3.8) is 0 Å². The van der Waals surface area contributed by atoms with Crippen LogP contribution in [0.5, 0.6) is 0 Å². The summed E-state index contributed by atoms with van der Waals surface area (Å²) in [5.74, 6) is -0.799. The molecule has 170 valence electrons.